The van der Waals surface area contributed by atoms with Gasteiger partial charge in [0.25, 0.3) is 0 Å². The SMILES string of the molecule is COc1cccc([C@@H]2[C@H](C(=O)C(C)(C)C)N3c4ccc(Cl)cc4C=C[C@H]3C23C(=O)c2ccccc2C3=O)c1OC. The highest BCUT2D eigenvalue weighted by Crippen LogP contribution is 2.62. The molecule has 40 heavy (non-hydrogen) atoms. The molecular weight excluding hydrogens is 526 g/mol. The van der Waals surface area contributed by atoms with E-state index in [2.05, 4.69) is 0 Å². The molecule has 204 valence electrons. The lowest BCUT2D eigenvalue weighted by Crippen LogP contribution is -2.49. The highest BCUT2D eigenvalue weighted by Gasteiger charge is 2.72. The van der Waals surface area contributed by atoms with Gasteiger partial charge in [-0.1, -0.05) is 80.9 Å². The summed E-state index contributed by atoms with van der Waals surface area (Å²) in [5.41, 5.74) is 0.507. The fourth-order valence-electron chi connectivity index (χ4n) is 6.89. The van der Waals surface area contributed by atoms with Gasteiger partial charge >= 0.3 is 0 Å². The van der Waals surface area contributed by atoms with Crippen LogP contribution in [-0.2, 0) is 4.79 Å². The Balaban J connectivity index is 1.74. The molecule has 0 saturated carbocycles. The number of ketones is 3. The van der Waals surface area contributed by atoms with E-state index in [0.717, 1.165) is 11.3 Å². The second-order valence-electron chi connectivity index (χ2n) is 11.6. The Labute approximate surface area is 238 Å². The number of halogens is 1. The van der Waals surface area contributed by atoms with E-state index in [4.69, 9.17) is 21.1 Å². The molecule has 0 aromatic heterocycles. The molecule has 6 nitrogen and oxygen atoms in total. The van der Waals surface area contributed by atoms with Crippen molar-refractivity contribution in [2.45, 2.75) is 38.8 Å². The normalized spacial score (nSPS) is 22.2. The molecule has 0 bridgehead atoms. The average molecular weight is 556 g/mol. The first-order valence-electron chi connectivity index (χ1n) is 13.3. The molecule has 0 unspecified atom stereocenters. The van der Waals surface area contributed by atoms with Crippen LogP contribution >= 0.6 is 11.6 Å². The minimum atomic E-state index is -1.61. The van der Waals surface area contributed by atoms with Crippen LogP contribution in [0.15, 0.2) is 66.7 Å². The molecule has 7 heteroatoms. The zero-order chi connectivity index (χ0) is 28.6. The van der Waals surface area contributed by atoms with E-state index in [-0.39, 0.29) is 17.3 Å². The largest absolute Gasteiger partial charge is 0.493 e. The molecule has 1 aliphatic carbocycles. The van der Waals surface area contributed by atoms with Gasteiger partial charge in [-0.15, -0.1) is 0 Å². The van der Waals surface area contributed by atoms with E-state index >= 15 is 0 Å². The molecule has 3 atom stereocenters. The summed E-state index contributed by atoms with van der Waals surface area (Å²) in [5.74, 6) is -0.670. The van der Waals surface area contributed by atoms with Crippen molar-refractivity contribution < 1.29 is 23.9 Å². The molecular formula is C33H30ClNO5. The molecule has 1 saturated heterocycles. The quantitative estimate of drug-likeness (QED) is 0.347. The number of Topliss-reactive ketones (excluding diaryl/α,β-unsaturated/α-hetero) is 3. The third-order valence-electron chi connectivity index (χ3n) is 8.54. The molecule has 3 aromatic carbocycles. The van der Waals surface area contributed by atoms with Crippen LogP contribution in [0.5, 0.6) is 11.5 Å². The van der Waals surface area contributed by atoms with E-state index in [1.165, 1.54) is 14.2 Å². The number of methoxy groups -OCH3 is 2. The Bertz CT molecular complexity index is 1580. The Morgan fingerprint density at radius 2 is 1.60 bits per heavy atom. The predicted molar refractivity (Wildman–Crippen MR) is 155 cm³/mol. The summed E-state index contributed by atoms with van der Waals surface area (Å²) >= 11 is 6.36. The molecule has 1 fully saturated rings. The van der Waals surface area contributed by atoms with E-state index < -0.39 is 28.8 Å². The van der Waals surface area contributed by atoms with Crippen LogP contribution in [0.1, 0.15) is 58.5 Å². The van der Waals surface area contributed by atoms with Crippen LogP contribution in [-0.4, -0.2) is 43.7 Å². The summed E-state index contributed by atoms with van der Waals surface area (Å²) in [4.78, 5) is 46.0. The third kappa shape index (κ3) is 3.38. The number of hydrogen-bond donors (Lipinski definition) is 0. The van der Waals surface area contributed by atoms with Gasteiger partial charge in [-0.25, -0.2) is 0 Å². The Hall–Kier alpha value is -3.90. The first-order valence-corrected chi connectivity index (χ1v) is 13.6. The number of para-hydroxylation sites is 1. The van der Waals surface area contributed by atoms with E-state index in [0.29, 0.717) is 33.2 Å². The average Bonchev–Trinajstić information content (AvgIpc) is 3.37. The fraction of sp³-hybridized carbons (Fsp3) is 0.303. The van der Waals surface area contributed by atoms with Gasteiger partial charge in [0.1, 0.15) is 5.41 Å². The predicted octanol–water partition coefficient (Wildman–Crippen LogP) is 6.41. The first-order chi connectivity index (χ1) is 19.1. The maximum atomic E-state index is 14.7. The van der Waals surface area contributed by atoms with Crippen molar-refractivity contribution in [2.75, 3.05) is 19.1 Å². The van der Waals surface area contributed by atoms with Crippen molar-refractivity contribution in [1.29, 1.82) is 0 Å². The molecule has 0 N–H and O–H groups in total. The maximum Gasteiger partial charge on any atom is 0.180 e. The summed E-state index contributed by atoms with van der Waals surface area (Å²) < 4.78 is 11.5. The van der Waals surface area contributed by atoms with Crippen LogP contribution in [0.3, 0.4) is 0 Å². The second kappa shape index (κ2) is 9.07. The lowest BCUT2D eigenvalue weighted by atomic mass is 9.63. The number of nitrogens with zero attached hydrogens (tertiary/aromatic N) is 1. The van der Waals surface area contributed by atoms with Crippen LogP contribution in [0.4, 0.5) is 5.69 Å². The third-order valence-corrected chi connectivity index (χ3v) is 8.78. The first kappa shape index (κ1) is 26.3. The van der Waals surface area contributed by atoms with E-state index in [1.807, 2.05) is 56.0 Å². The monoisotopic (exact) mass is 555 g/mol. The zero-order valence-electron chi connectivity index (χ0n) is 23.0. The van der Waals surface area contributed by atoms with E-state index in [1.54, 1.807) is 42.5 Å². The van der Waals surface area contributed by atoms with Crippen molar-refractivity contribution in [1.82, 2.24) is 0 Å². The Morgan fingerprint density at radius 3 is 2.20 bits per heavy atom. The smallest absolute Gasteiger partial charge is 0.180 e. The van der Waals surface area contributed by atoms with Crippen molar-refractivity contribution in [2.24, 2.45) is 10.8 Å². The van der Waals surface area contributed by atoms with Crippen molar-refractivity contribution >= 4 is 40.7 Å². The Kier molecular flexibility index (Phi) is 5.97. The number of carbonyl (C=O) groups is 3. The summed E-state index contributed by atoms with van der Waals surface area (Å²) in [6, 6.07) is 16.2. The lowest BCUT2D eigenvalue weighted by Gasteiger charge is -2.38. The summed E-state index contributed by atoms with van der Waals surface area (Å²) in [6.07, 6.45) is 3.79. The van der Waals surface area contributed by atoms with Crippen molar-refractivity contribution in [3.63, 3.8) is 0 Å². The number of rotatable bonds is 4. The number of ether oxygens (including phenoxy) is 2. The van der Waals surface area contributed by atoms with Crippen molar-refractivity contribution in [3.05, 3.63) is 94.0 Å². The minimum Gasteiger partial charge on any atom is -0.493 e. The number of carbonyl (C=O) groups excluding carboxylic acids is 3. The molecule has 2 heterocycles. The van der Waals surface area contributed by atoms with Crippen molar-refractivity contribution in [3.8, 4) is 11.5 Å². The van der Waals surface area contributed by atoms with Crippen LogP contribution < -0.4 is 14.4 Å². The van der Waals surface area contributed by atoms with Gasteiger partial charge in [0.05, 0.1) is 26.3 Å². The van der Waals surface area contributed by atoms with Gasteiger partial charge in [0.15, 0.2) is 28.8 Å². The molecule has 0 radical (unpaired) electrons. The number of benzene rings is 3. The van der Waals surface area contributed by atoms with Crippen LogP contribution in [0.25, 0.3) is 6.08 Å². The second-order valence-corrected chi connectivity index (χ2v) is 12.0. The number of anilines is 1. The van der Waals surface area contributed by atoms with Gasteiger partial charge in [0.2, 0.25) is 0 Å². The summed E-state index contributed by atoms with van der Waals surface area (Å²) in [7, 11) is 3.07. The lowest BCUT2D eigenvalue weighted by molar-refractivity contribution is -0.127. The number of fused-ring (bicyclic) bond motifs is 5. The van der Waals surface area contributed by atoms with Gasteiger partial charge in [-0.2, -0.15) is 0 Å². The highest BCUT2D eigenvalue weighted by atomic mass is 35.5. The van der Waals surface area contributed by atoms with Gasteiger partial charge < -0.3 is 14.4 Å². The van der Waals surface area contributed by atoms with Crippen LogP contribution in [0.2, 0.25) is 5.02 Å². The standard InChI is InChI=1S/C33H30ClNO5/c1-32(2,3)31(38)27-26(22-11-8-12-24(39-4)28(22)40-5)33(29(36)20-9-6-7-10-21(20)30(33)37)25-16-13-18-17-19(34)14-15-23(18)35(25)27/h6-17,25-27H,1-5H3/t25-,26+,27+/m0/s1. The highest BCUT2D eigenvalue weighted by molar-refractivity contribution is 6.32. The molecule has 2 aliphatic heterocycles. The Morgan fingerprint density at radius 1 is 0.925 bits per heavy atom. The molecule has 0 amide bonds. The summed E-state index contributed by atoms with van der Waals surface area (Å²) in [5, 5.41) is 0.556. The maximum absolute atomic E-state index is 14.7. The number of hydrogen-bond acceptors (Lipinski definition) is 6. The minimum absolute atomic E-state index is 0.0861. The van der Waals surface area contributed by atoms with Crippen LogP contribution in [0, 0.1) is 10.8 Å². The van der Waals surface area contributed by atoms with E-state index in [9.17, 15) is 14.4 Å². The molecule has 6 rings (SSSR count). The molecule has 3 aromatic rings. The molecule has 3 aliphatic rings. The topological polar surface area (TPSA) is 72.9 Å². The molecule has 1 spiro atoms. The van der Waals surface area contributed by atoms with Gasteiger partial charge in [0, 0.05) is 38.7 Å². The zero-order valence-corrected chi connectivity index (χ0v) is 23.8. The van der Waals surface area contributed by atoms with Gasteiger partial charge in [-0.3, -0.25) is 14.4 Å². The fourth-order valence-corrected chi connectivity index (χ4v) is 7.07. The van der Waals surface area contributed by atoms with Gasteiger partial charge in [-0.05, 0) is 29.8 Å². The summed E-state index contributed by atoms with van der Waals surface area (Å²) in [6.45, 7) is 5.60.